The Morgan fingerprint density at radius 3 is 2.70 bits per heavy atom. The Labute approximate surface area is 254 Å². The number of carbonyl (C=O) groups is 1. The number of aromatic nitrogens is 2. The predicted octanol–water partition coefficient (Wildman–Crippen LogP) is 4.36. The molecule has 4 heterocycles. The van der Waals surface area contributed by atoms with Crippen LogP contribution in [0.1, 0.15) is 30.5 Å². The van der Waals surface area contributed by atoms with E-state index in [9.17, 15) is 18.8 Å². The topological polar surface area (TPSA) is 88.8 Å². The van der Waals surface area contributed by atoms with Crippen molar-refractivity contribution >= 4 is 28.2 Å². The van der Waals surface area contributed by atoms with E-state index >= 15 is 4.39 Å². The first-order chi connectivity index (χ1) is 21.2. The number of hydrogen-bond donors (Lipinski definition) is 0. The van der Waals surface area contributed by atoms with Crippen molar-refractivity contribution in [3.8, 4) is 12.1 Å². The van der Waals surface area contributed by atoms with Crippen molar-refractivity contribution in [2.75, 3.05) is 56.2 Å². The summed E-state index contributed by atoms with van der Waals surface area (Å²) in [6.45, 7) is 6.23. The zero-order chi connectivity index (χ0) is 31.0. The standard InChI is InChI=1S/C32H34F3N7O2/c1-20(33)31(43)42-16-15-41(17-22(42)10-12-36)30-24-11-14-40(27-7-3-5-21-8-9-25(34)29(35)28(21)27)18-26(24)37-32(38-30)44-19-23-6-4-13-39(23)2/h3,5,7-9,22-23H,1,4,6,10-11,13-19H2,2H3/t22-,23-/m0/s1. The summed E-state index contributed by atoms with van der Waals surface area (Å²) in [5.41, 5.74) is 2.18. The molecular formula is C32H34F3N7O2. The highest BCUT2D eigenvalue weighted by Crippen LogP contribution is 2.36. The first kappa shape index (κ1) is 29.7. The van der Waals surface area contributed by atoms with Gasteiger partial charge >= 0.3 is 6.01 Å². The van der Waals surface area contributed by atoms with Crippen LogP contribution in [0.3, 0.4) is 0 Å². The lowest BCUT2D eigenvalue weighted by molar-refractivity contribution is -0.131. The molecule has 44 heavy (non-hydrogen) atoms. The Balaban J connectivity index is 1.35. The van der Waals surface area contributed by atoms with Gasteiger partial charge in [-0.05, 0) is 50.4 Å². The number of hydrogen-bond acceptors (Lipinski definition) is 8. The number of nitrogens with zero attached hydrogens (tertiary/aromatic N) is 7. The number of likely N-dealkylation sites (N-methyl/N-ethyl adjacent to an activating group) is 1. The molecule has 3 aromatic rings. The van der Waals surface area contributed by atoms with Crippen molar-refractivity contribution in [1.82, 2.24) is 19.8 Å². The van der Waals surface area contributed by atoms with Crippen molar-refractivity contribution in [1.29, 1.82) is 5.26 Å². The van der Waals surface area contributed by atoms with Gasteiger partial charge in [0.15, 0.2) is 17.5 Å². The molecule has 0 spiro atoms. The van der Waals surface area contributed by atoms with E-state index < -0.39 is 29.4 Å². The van der Waals surface area contributed by atoms with Crippen LogP contribution in [0.2, 0.25) is 0 Å². The highest BCUT2D eigenvalue weighted by molar-refractivity contribution is 5.95. The number of benzene rings is 2. The van der Waals surface area contributed by atoms with Crippen molar-refractivity contribution in [3.63, 3.8) is 0 Å². The van der Waals surface area contributed by atoms with Gasteiger partial charge in [0.25, 0.3) is 5.91 Å². The maximum Gasteiger partial charge on any atom is 0.318 e. The third kappa shape index (κ3) is 5.64. The molecular weight excluding hydrogens is 571 g/mol. The molecule has 2 aromatic carbocycles. The maximum atomic E-state index is 15.1. The fraction of sp³-hybridized carbons (Fsp3) is 0.438. The highest BCUT2D eigenvalue weighted by Gasteiger charge is 2.35. The number of carbonyl (C=O) groups excluding carboxylic acids is 1. The van der Waals surface area contributed by atoms with Crippen molar-refractivity contribution in [2.45, 2.75) is 44.3 Å². The van der Waals surface area contributed by atoms with Crippen molar-refractivity contribution < 1.29 is 22.7 Å². The first-order valence-corrected chi connectivity index (χ1v) is 14.9. The summed E-state index contributed by atoms with van der Waals surface area (Å²) in [6.07, 6.45) is 2.65. The SMILES string of the molecule is C=C(F)C(=O)N1CCN(c2nc(OC[C@@H]3CCCN3C)nc3c2CCN(c2cccc4ccc(F)c(F)c24)C3)C[C@@H]1CC#N. The van der Waals surface area contributed by atoms with Crippen molar-refractivity contribution in [3.05, 3.63) is 65.6 Å². The van der Waals surface area contributed by atoms with Gasteiger partial charge in [-0.2, -0.15) is 15.2 Å². The Bertz CT molecular complexity index is 1640. The summed E-state index contributed by atoms with van der Waals surface area (Å²) >= 11 is 0. The molecule has 3 aliphatic rings. The summed E-state index contributed by atoms with van der Waals surface area (Å²) in [4.78, 5) is 29.7. The molecule has 1 aromatic heterocycles. The smallest absolute Gasteiger partial charge is 0.318 e. The molecule has 3 aliphatic heterocycles. The molecule has 12 heteroatoms. The van der Waals surface area contributed by atoms with Gasteiger partial charge < -0.3 is 24.3 Å². The Hall–Kier alpha value is -4.37. The van der Waals surface area contributed by atoms with Crippen LogP contribution in [0, 0.1) is 23.0 Å². The minimum absolute atomic E-state index is 0.0249. The molecule has 0 saturated carbocycles. The number of rotatable bonds is 7. The summed E-state index contributed by atoms with van der Waals surface area (Å²) in [5, 5.41) is 10.3. The van der Waals surface area contributed by atoms with Crippen LogP contribution in [0.4, 0.5) is 24.7 Å². The third-order valence-electron chi connectivity index (χ3n) is 8.95. The predicted molar refractivity (Wildman–Crippen MR) is 160 cm³/mol. The van der Waals surface area contributed by atoms with E-state index in [1.807, 2.05) is 15.9 Å². The van der Waals surface area contributed by atoms with E-state index in [0.29, 0.717) is 55.2 Å². The zero-order valence-electron chi connectivity index (χ0n) is 24.6. The summed E-state index contributed by atoms with van der Waals surface area (Å²) < 4.78 is 49.3. The largest absolute Gasteiger partial charge is 0.462 e. The van der Waals surface area contributed by atoms with Crippen LogP contribution in [-0.4, -0.2) is 84.1 Å². The van der Waals surface area contributed by atoms with Gasteiger partial charge in [0.2, 0.25) is 0 Å². The van der Waals surface area contributed by atoms with E-state index in [1.54, 1.807) is 18.2 Å². The van der Waals surface area contributed by atoms with Gasteiger partial charge in [-0.15, -0.1) is 0 Å². The van der Waals surface area contributed by atoms with E-state index in [2.05, 4.69) is 24.6 Å². The third-order valence-corrected chi connectivity index (χ3v) is 8.95. The van der Waals surface area contributed by atoms with E-state index in [0.717, 1.165) is 31.0 Å². The van der Waals surface area contributed by atoms with E-state index in [1.165, 1.54) is 4.90 Å². The first-order valence-electron chi connectivity index (χ1n) is 14.9. The number of anilines is 2. The molecule has 2 saturated heterocycles. The van der Waals surface area contributed by atoms with Crippen molar-refractivity contribution in [2.24, 2.45) is 0 Å². The van der Waals surface area contributed by atoms with Crippen LogP contribution >= 0.6 is 0 Å². The lowest BCUT2D eigenvalue weighted by atomic mass is 10.0. The molecule has 2 fully saturated rings. The Kier molecular flexibility index (Phi) is 8.31. The molecule has 2 atom stereocenters. The van der Waals surface area contributed by atoms with Crippen LogP contribution in [0.25, 0.3) is 10.8 Å². The fourth-order valence-electron chi connectivity index (χ4n) is 6.59. The summed E-state index contributed by atoms with van der Waals surface area (Å²) in [5.74, 6) is -3.01. The minimum atomic E-state index is -1.06. The fourth-order valence-corrected chi connectivity index (χ4v) is 6.59. The van der Waals surface area contributed by atoms with Gasteiger partial charge in [-0.1, -0.05) is 24.8 Å². The highest BCUT2D eigenvalue weighted by atomic mass is 19.2. The number of likely N-dealkylation sites (tertiary alicyclic amines) is 1. The monoisotopic (exact) mass is 605 g/mol. The van der Waals surface area contributed by atoms with Gasteiger partial charge in [0.1, 0.15) is 12.4 Å². The Morgan fingerprint density at radius 1 is 1.11 bits per heavy atom. The number of amides is 1. The molecule has 0 unspecified atom stereocenters. The lowest BCUT2D eigenvalue weighted by Crippen LogP contribution is -2.55. The summed E-state index contributed by atoms with van der Waals surface area (Å²) in [7, 11) is 2.06. The van der Waals surface area contributed by atoms with Crippen LogP contribution in [0.5, 0.6) is 6.01 Å². The van der Waals surface area contributed by atoms with E-state index in [-0.39, 0.29) is 36.9 Å². The summed E-state index contributed by atoms with van der Waals surface area (Å²) in [6, 6.07) is 10.1. The average molecular weight is 606 g/mol. The molecule has 6 rings (SSSR count). The Morgan fingerprint density at radius 2 is 1.95 bits per heavy atom. The molecule has 0 radical (unpaired) electrons. The van der Waals surface area contributed by atoms with Crippen LogP contribution in [-0.2, 0) is 17.8 Å². The van der Waals surface area contributed by atoms with Crippen LogP contribution in [0.15, 0.2) is 42.7 Å². The molecule has 0 aliphatic carbocycles. The van der Waals surface area contributed by atoms with E-state index in [4.69, 9.17) is 14.7 Å². The van der Waals surface area contributed by atoms with Gasteiger partial charge in [-0.3, -0.25) is 4.79 Å². The second-order valence-electron chi connectivity index (χ2n) is 11.6. The van der Waals surface area contributed by atoms with Gasteiger partial charge in [0.05, 0.1) is 30.8 Å². The molecule has 230 valence electrons. The zero-order valence-corrected chi connectivity index (χ0v) is 24.6. The number of piperazine rings is 1. The quantitative estimate of drug-likeness (QED) is 0.368. The minimum Gasteiger partial charge on any atom is -0.462 e. The van der Waals surface area contributed by atoms with Crippen LogP contribution < -0.4 is 14.5 Å². The van der Waals surface area contributed by atoms with Gasteiger partial charge in [0, 0.05) is 48.9 Å². The lowest BCUT2D eigenvalue weighted by Gasteiger charge is -2.42. The molecule has 9 nitrogen and oxygen atoms in total. The second kappa shape index (κ2) is 12.3. The average Bonchev–Trinajstić information content (AvgIpc) is 3.44. The molecule has 1 amide bonds. The number of halogens is 3. The number of nitriles is 1. The normalized spacial score (nSPS) is 20.5. The molecule has 0 N–H and O–H groups in total. The number of fused-ring (bicyclic) bond motifs is 2. The number of ether oxygens (including phenoxy) is 1. The maximum absolute atomic E-state index is 15.1. The molecule has 0 bridgehead atoms. The van der Waals surface area contributed by atoms with Gasteiger partial charge in [-0.25, -0.2) is 13.2 Å². The second-order valence-corrected chi connectivity index (χ2v) is 11.6.